The average molecular weight is 258 g/mol. The van der Waals surface area contributed by atoms with Crippen LogP contribution in [0.5, 0.6) is 0 Å². The maximum absolute atomic E-state index is 11.8. The quantitative estimate of drug-likeness (QED) is 0.675. The van der Waals surface area contributed by atoms with Gasteiger partial charge < -0.3 is 20.1 Å². The van der Waals surface area contributed by atoms with E-state index in [4.69, 9.17) is 9.84 Å². The molecule has 0 bridgehead atoms. The predicted molar refractivity (Wildman–Crippen MR) is 70.5 cm³/mol. The van der Waals surface area contributed by atoms with Crippen LogP contribution in [0.25, 0.3) is 0 Å². The SMILES string of the molecule is CC(C)COCCCNC(=O)N1CCCC1CO. The summed E-state index contributed by atoms with van der Waals surface area (Å²) >= 11 is 0. The van der Waals surface area contributed by atoms with Crippen LogP contribution in [0.2, 0.25) is 0 Å². The monoisotopic (exact) mass is 258 g/mol. The number of nitrogens with zero attached hydrogens (tertiary/aromatic N) is 1. The lowest BCUT2D eigenvalue weighted by molar-refractivity contribution is 0.107. The Morgan fingerprint density at radius 1 is 1.56 bits per heavy atom. The number of carbonyl (C=O) groups is 1. The van der Waals surface area contributed by atoms with E-state index in [0.29, 0.717) is 19.1 Å². The van der Waals surface area contributed by atoms with E-state index in [0.717, 1.165) is 32.4 Å². The summed E-state index contributed by atoms with van der Waals surface area (Å²) in [6, 6.07) is -0.0578. The summed E-state index contributed by atoms with van der Waals surface area (Å²) in [5.74, 6) is 0.550. The molecule has 2 N–H and O–H groups in total. The molecule has 0 aromatic heterocycles. The van der Waals surface area contributed by atoms with E-state index in [1.165, 1.54) is 0 Å². The molecule has 0 aromatic rings. The van der Waals surface area contributed by atoms with Crippen LogP contribution in [-0.2, 0) is 4.74 Å². The van der Waals surface area contributed by atoms with E-state index < -0.39 is 0 Å². The Hall–Kier alpha value is -0.810. The Balaban J connectivity index is 2.06. The summed E-state index contributed by atoms with van der Waals surface area (Å²) in [4.78, 5) is 13.5. The van der Waals surface area contributed by atoms with Crippen LogP contribution >= 0.6 is 0 Å². The number of ether oxygens (including phenoxy) is 1. The van der Waals surface area contributed by atoms with Gasteiger partial charge in [-0.3, -0.25) is 0 Å². The summed E-state index contributed by atoms with van der Waals surface area (Å²) in [6.45, 7) is 7.13. The molecule has 1 atom stereocenters. The minimum Gasteiger partial charge on any atom is -0.394 e. The van der Waals surface area contributed by atoms with Crippen LogP contribution < -0.4 is 5.32 Å². The molecule has 1 aliphatic rings. The number of urea groups is 1. The third-order valence-electron chi connectivity index (χ3n) is 3.04. The van der Waals surface area contributed by atoms with Crippen LogP contribution in [0.1, 0.15) is 33.1 Å². The zero-order valence-corrected chi connectivity index (χ0v) is 11.5. The molecule has 1 unspecified atom stereocenters. The molecular weight excluding hydrogens is 232 g/mol. The summed E-state index contributed by atoms with van der Waals surface area (Å²) in [5.41, 5.74) is 0. The number of aliphatic hydroxyl groups excluding tert-OH is 1. The number of aliphatic hydroxyl groups is 1. The van der Waals surface area contributed by atoms with Crippen molar-refractivity contribution in [1.29, 1.82) is 0 Å². The molecule has 0 radical (unpaired) electrons. The topological polar surface area (TPSA) is 61.8 Å². The first-order valence-corrected chi connectivity index (χ1v) is 6.88. The van der Waals surface area contributed by atoms with Gasteiger partial charge in [-0.05, 0) is 25.2 Å². The third kappa shape index (κ3) is 5.23. The van der Waals surface area contributed by atoms with Gasteiger partial charge in [0, 0.05) is 26.3 Å². The summed E-state index contributed by atoms with van der Waals surface area (Å²) in [7, 11) is 0. The summed E-state index contributed by atoms with van der Waals surface area (Å²) in [6.07, 6.45) is 2.72. The van der Waals surface area contributed by atoms with Gasteiger partial charge in [0.25, 0.3) is 0 Å². The van der Waals surface area contributed by atoms with Crippen LogP contribution in [0, 0.1) is 5.92 Å². The van der Waals surface area contributed by atoms with Gasteiger partial charge in [-0.25, -0.2) is 4.79 Å². The lowest BCUT2D eigenvalue weighted by Gasteiger charge is -2.23. The van der Waals surface area contributed by atoms with Gasteiger partial charge >= 0.3 is 6.03 Å². The Labute approximate surface area is 109 Å². The Kier molecular flexibility index (Phi) is 7.05. The zero-order valence-electron chi connectivity index (χ0n) is 11.5. The molecule has 1 heterocycles. The predicted octanol–water partition coefficient (Wildman–Crippen LogP) is 1.22. The second-order valence-corrected chi connectivity index (χ2v) is 5.23. The second-order valence-electron chi connectivity index (χ2n) is 5.23. The molecule has 5 heteroatoms. The molecule has 1 rings (SSSR count). The Bertz CT molecular complexity index is 246. The van der Waals surface area contributed by atoms with E-state index in [-0.39, 0.29) is 18.7 Å². The van der Waals surface area contributed by atoms with Crippen LogP contribution in [0.15, 0.2) is 0 Å². The highest BCUT2D eigenvalue weighted by Crippen LogP contribution is 2.16. The van der Waals surface area contributed by atoms with Gasteiger partial charge in [0.05, 0.1) is 12.6 Å². The second kappa shape index (κ2) is 8.32. The maximum atomic E-state index is 11.8. The number of carbonyl (C=O) groups excluding carboxylic acids is 1. The van der Waals surface area contributed by atoms with E-state index >= 15 is 0 Å². The first-order valence-electron chi connectivity index (χ1n) is 6.88. The molecule has 18 heavy (non-hydrogen) atoms. The van der Waals surface area contributed by atoms with Crippen molar-refractivity contribution in [2.24, 2.45) is 5.92 Å². The highest BCUT2D eigenvalue weighted by Gasteiger charge is 2.27. The van der Waals surface area contributed by atoms with E-state index in [1.54, 1.807) is 4.90 Å². The number of hydrogen-bond donors (Lipinski definition) is 2. The minimum atomic E-state index is -0.0598. The first-order chi connectivity index (χ1) is 8.65. The molecule has 1 fully saturated rings. The van der Waals surface area contributed by atoms with Gasteiger partial charge in [0.1, 0.15) is 0 Å². The number of amides is 2. The summed E-state index contributed by atoms with van der Waals surface area (Å²) in [5, 5.41) is 12.0. The van der Waals surface area contributed by atoms with Gasteiger partial charge in [0.15, 0.2) is 0 Å². The minimum absolute atomic E-state index is 0.00203. The van der Waals surface area contributed by atoms with E-state index in [9.17, 15) is 4.79 Å². The molecule has 106 valence electrons. The Morgan fingerprint density at radius 3 is 3.00 bits per heavy atom. The smallest absolute Gasteiger partial charge is 0.317 e. The maximum Gasteiger partial charge on any atom is 0.317 e. The Morgan fingerprint density at radius 2 is 2.33 bits per heavy atom. The fraction of sp³-hybridized carbons (Fsp3) is 0.923. The number of hydrogen-bond acceptors (Lipinski definition) is 3. The molecule has 1 saturated heterocycles. The molecule has 5 nitrogen and oxygen atoms in total. The van der Waals surface area contributed by atoms with Crippen molar-refractivity contribution < 1.29 is 14.6 Å². The van der Waals surface area contributed by atoms with Gasteiger partial charge in [-0.2, -0.15) is 0 Å². The molecular formula is C13H26N2O3. The number of likely N-dealkylation sites (tertiary alicyclic amines) is 1. The molecule has 0 aromatic carbocycles. The van der Waals surface area contributed by atoms with Crippen LogP contribution in [-0.4, -0.2) is 55.0 Å². The van der Waals surface area contributed by atoms with Crippen LogP contribution in [0.3, 0.4) is 0 Å². The van der Waals surface area contributed by atoms with Crippen molar-refractivity contribution in [3.63, 3.8) is 0 Å². The number of nitrogens with one attached hydrogen (secondary N) is 1. The van der Waals surface area contributed by atoms with Crippen molar-refractivity contribution in [2.45, 2.75) is 39.2 Å². The van der Waals surface area contributed by atoms with Gasteiger partial charge in [0.2, 0.25) is 0 Å². The lowest BCUT2D eigenvalue weighted by atomic mass is 10.2. The fourth-order valence-electron chi connectivity index (χ4n) is 2.08. The lowest BCUT2D eigenvalue weighted by Crippen LogP contribution is -2.44. The number of rotatable bonds is 7. The van der Waals surface area contributed by atoms with Crippen molar-refractivity contribution in [3.05, 3.63) is 0 Å². The van der Waals surface area contributed by atoms with Gasteiger partial charge in [-0.15, -0.1) is 0 Å². The molecule has 2 amide bonds. The molecule has 0 spiro atoms. The molecule has 0 aliphatic carbocycles. The van der Waals surface area contributed by atoms with E-state index in [1.807, 2.05) is 0 Å². The molecule has 1 aliphatic heterocycles. The van der Waals surface area contributed by atoms with Crippen molar-refractivity contribution >= 4 is 6.03 Å². The van der Waals surface area contributed by atoms with E-state index in [2.05, 4.69) is 19.2 Å². The highest BCUT2D eigenvalue weighted by atomic mass is 16.5. The third-order valence-corrected chi connectivity index (χ3v) is 3.04. The first kappa shape index (κ1) is 15.2. The fourth-order valence-corrected chi connectivity index (χ4v) is 2.08. The van der Waals surface area contributed by atoms with Gasteiger partial charge in [-0.1, -0.05) is 13.8 Å². The standard InChI is InChI=1S/C13H26N2O3/c1-11(2)10-18-8-4-6-14-13(17)15-7-3-5-12(15)9-16/h11-12,16H,3-10H2,1-2H3,(H,14,17). The molecule has 0 saturated carbocycles. The zero-order chi connectivity index (χ0) is 13.4. The average Bonchev–Trinajstić information content (AvgIpc) is 2.81. The highest BCUT2D eigenvalue weighted by molar-refractivity contribution is 5.74. The normalized spacial score (nSPS) is 19.6. The van der Waals surface area contributed by atoms with Crippen LogP contribution in [0.4, 0.5) is 4.79 Å². The summed E-state index contributed by atoms with van der Waals surface area (Å²) < 4.78 is 5.44. The van der Waals surface area contributed by atoms with Crippen molar-refractivity contribution in [1.82, 2.24) is 10.2 Å². The van der Waals surface area contributed by atoms with Crippen molar-refractivity contribution in [2.75, 3.05) is 32.9 Å². The van der Waals surface area contributed by atoms with Crippen molar-refractivity contribution in [3.8, 4) is 0 Å². The largest absolute Gasteiger partial charge is 0.394 e.